The second-order valence-electron chi connectivity index (χ2n) is 4.21. The molecule has 0 saturated heterocycles. The van der Waals surface area contributed by atoms with Crippen LogP contribution in [-0.4, -0.2) is 31.2 Å². The zero-order valence-electron chi connectivity index (χ0n) is 11.3. The maximum absolute atomic E-state index is 12.0. The molecule has 1 heterocycles. The molecule has 0 radical (unpaired) electrons. The molecule has 1 aromatic carbocycles. The molecule has 1 N–H and O–H groups in total. The fraction of sp³-hybridized carbons (Fsp3) is 0.231. The first kappa shape index (κ1) is 15.5. The van der Waals surface area contributed by atoms with Crippen LogP contribution in [0.15, 0.2) is 36.4 Å². The molecule has 0 saturated carbocycles. The standard InChI is InChI=1S/C13H14ClN3O3S/c1-20-12-9-11(14)15-13(16-12)17-21(18,19)8-7-10-5-3-2-4-6-10/h2-6,9H,7-8H2,1H3,(H,15,16,17). The van der Waals surface area contributed by atoms with Crippen LogP contribution < -0.4 is 9.46 Å². The van der Waals surface area contributed by atoms with Crippen LogP contribution in [0.4, 0.5) is 5.95 Å². The van der Waals surface area contributed by atoms with Crippen molar-refractivity contribution in [3.05, 3.63) is 47.1 Å². The van der Waals surface area contributed by atoms with Gasteiger partial charge >= 0.3 is 0 Å². The summed E-state index contributed by atoms with van der Waals surface area (Å²) >= 11 is 5.76. The molecule has 0 aliphatic carbocycles. The number of methoxy groups -OCH3 is 1. The summed E-state index contributed by atoms with van der Waals surface area (Å²) in [5, 5.41) is 0.0996. The Morgan fingerprint density at radius 2 is 1.95 bits per heavy atom. The molecule has 0 atom stereocenters. The van der Waals surface area contributed by atoms with E-state index in [0.717, 1.165) is 5.56 Å². The van der Waals surface area contributed by atoms with E-state index in [2.05, 4.69) is 14.7 Å². The van der Waals surface area contributed by atoms with Crippen LogP contribution in [0, 0.1) is 0 Å². The number of aromatic nitrogens is 2. The second kappa shape index (κ2) is 6.73. The average molecular weight is 328 g/mol. The van der Waals surface area contributed by atoms with Crippen LogP contribution in [0.3, 0.4) is 0 Å². The van der Waals surface area contributed by atoms with Crippen LogP contribution in [0.1, 0.15) is 5.56 Å². The summed E-state index contributed by atoms with van der Waals surface area (Å²) in [6.07, 6.45) is 0.397. The van der Waals surface area contributed by atoms with Gasteiger partial charge in [-0.1, -0.05) is 41.9 Å². The SMILES string of the molecule is COc1cc(Cl)nc(NS(=O)(=O)CCc2ccccc2)n1. The van der Waals surface area contributed by atoms with Crippen molar-refractivity contribution in [2.24, 2.45) is 0 Å². The van der Waals surface area contributed by atoms with Gasteiger partial charge in [0.05, 0.1) is 12.9 Å². The van der Waals surface area contributed by atoms with Gasteiger partial charge in [-0.15, -0.1) is 0 Å². The molecule has 0 fully saturated rings. The third kappa shape index (κ3) is 4.87. The van der Waals surface area contributed by atoms with E-state index in [1.807, 2.05) is 30.3 Å². The smallest absolute Gasteiger partial charge is 0.241 e. The number of sulfonamides is 1. The first-order chi connectivity index (χ1) is 9.98. The Morgan fingerprint density at radius 1 is 1.24 bits per heavy atom. The van der Waals surface area contributed by atoms with E-state index in [-0.39, 0.29) is 22.7 Å². The van der Waals surface area contributed by atoms with E-state index in [1.165, 1.54) is 13.2 Å². The van der Waals surface area contributed by atoms with E-state index in [9.17, 15) is 8.42 Å². The second-order valence-corrected chi connectivity index (χ2v) is 6.44. The summed E-state index contributed by atoms with van der Waals surface area (Å²) in [5.74, 6) is 0.0121. The van der Waals surface area contributed by atoms with Crippen LogP contribution in [0.25, 0.3) is 0 Å². The Bertz CT molecular complexity index is 708. The molecule has 0 aliphatic rings. The lowest BCUT2D eigenvalue weighted by Gasteiger charge is -2.08. The number of rotatable bonds is 6. The minimum absolute atomic E-state index is 0.0742. The molecule has 0 spiro atoms. The lowest BCUT2D eigenvalue weighted by molar-refractivity contribution is 0.397. The molecule has 21 heavy (non-hydrogen) atoms. The van der Waals surface area contributed by atoms with Crippen molar-refractivity contribution in [1.29, 1.82) is 0 Å². The number of anilines is 1. The Hall–Kier alpha value is -1.86. The third-order valence-electron chi connectivity index (χ3n) is 2.63. The van der Waals surface area contributed by atoms with Crippen molar-refractivity contribution in [3.63, 3.8) is 0 Å². The van der Waals surface area contributed by atoms with Gasteiger partial charge in [0.15, 0.2) is 0 Å². The summed E-state index contributed by atoms with van der Waals surface area (Å²) in [5.41, 5.74) is 0.937. The minimum atomic E-state index is -3.56. The highest BCUT2D eigenvalue weighted by Gasteiger charge is 2.14. The summed E-state index contributed by atoms with van der Waals surface area (Å²) in [7, 11) is -2.15. The van der Waals surface area contributed by atoms with Crippen molar-refractivity contribution in [2.75, 3.05) is 17.6 Å². The van der Waals surface area contributed by atoms with Crippen LogP contribution in [-0.2, 0) is 16.4 Å². The average Bonchev–Trinajstić information content (AvgIpc) is 2.45. The Kier molecular flexibility index (Phi) is 4.98. The quantitative estimate of drug-likeness (QED) is 0.822. The number of halogens is 1. The third-order valence-corrected chi connectivity index (χ3v) is 4.06. The van der Waals surface area contributed by atoms with E-state index in [0.29, 0.717) is 6.42 Å². The molecule has 0 bridgehead atoms. The highest BCUT2D eigenvalue weighted by molar-refractivity contribution is 7.92. The van der Waals surface area contributed by atoms with Gasteiger partial charge < -0.3 is 4.74 Å². The molecular formula is C13H14ClN3O3S. The summed E-state index contributed by atoms with van der Waals surface area (Å²) in [6.45, 7) is 0. The maximum Gasteiger partial charge on any atom is 0.241 e. The van der Waals surface area contributed by atoms with Gasteiger partial charge in [-0.3, -0.25) is 4.72 Å². The summed E-state index contributed by atoms with van der Waals surface area (Å²) in [4.78, 5) is 7.69. The van der Waals surface area contributed by atoms with E-state index in [4.69, 9.17) is 16.3 Å². The van der Waals surface area contributed by atoms with Crippen LogP contribution >= 0.6 is 11.6 Å². The summed E-state index contributed by atoms with van der Waals surface area (Å²) in [6, 6.07) is 10.7. The molecule has 8 heteroatoms. The first-order valence-corrected chi connectivity index (χ1v) is 8.14. The lowest BCUT2D eigenvalue weighted by Crippen LogP contribution is -2.19. The molecular weight excluding hydrogens is 314 g/mol. The highest BCUT2D eigenvalue weighted by Crippen LogP contribution is 2.16. The molecule has 0 amide bonds. The van der Waals surface area contributed by atoms with E-state index in [1.54, 1.807) is 0 Å². The number of nitrogens with one attached hydrogen (secondary N) is 1. The topological polar surface area (TPSA) is 81.2 Å². The Balaban J connectivity index is 2.05. The Labute approximate surface area is 128 Å². The number of nitrogens with zero attached hydrogens (tertiary/aromatic N) is 2. The van der Waals surface area contributed by atoms with Gasteiger partial charge in [-0.2, -0.15) is 4.98 Å². The van der Waals surface area contributed by atoms with Crippen LogP contribution in [0.5, 0.6) is 5.88 Å². The number of hydrogen-bond acceptors (Lipinski definition) is 5. The zero-order chi connectivity index (χ0) is 15.3. The van der Waals surface area contributed by atoms with Gasteiger partial charge in [0.25, 0.3) is 0 Å². The van der Waals surface area contributed by atoms with Crippen molar-refractivity contribution in [3.8, 4) is 5.88 Å². The Morgan fingerprint density at radius 3 is 2.62 bits per heavy atom. The lowest BCUT2D eigenvalue weighted by atomic mass is 10.2. The maximum atomic E-state index is 12.0. The molecule has 6 nitrogen and oxygen atoms in total. The van der Waals surface area contributed by atoms with E-state index < -0.39 is 10.0 Å². The van der Waals surface area contributed by atoms with Crippen molar-refractivity contribution in [2.45, 2.75) is 6.42 Å². The fourth-order valence-electron chi connectivity index (χ4n) is 1.63. The predicted octanol–water partition coefficient (Wildman–Crippen LogP) is 2.12. The molecule has 0 aliphatic heterocycles. The van der Waals surface area contributed by atoms with Crippen molar-refractivity contribution in [1.82, 2.24) is 9.97 Å². The number of ether oxygens (including phenoxy) is 1. The zero-order valence-corrected chi connectivity index (χ0v) is 12.9. The molecule has 0 unspecified atom stereocenters. The summed E-state index contributed by atoms with van der Waals surface area (Å²) < 4.78 is 31.2. The molecule has 2 rings (SSSR count). The normalized spacial score (nSPS) is 11.1. The van der Waals surface area contributed by atoms with Crippen LogP contribution in [0.2, 0.25) is 5.15 Å². The minimum Gasteiger partial charge on any atom is -0.481 e. The van der Waals surface area contributed by atoms with Gasteiger partial charge in [-0.05, 0) is 12.0 Å². The molecule has 2 aromatic rings. The highest BCUT2D eigenvalue weighted by atomic mass is 35.5. The largest absolute Gasteiger partial charge is 0.481 e. The van der Waals surface area contributed by atoms with Gasteiger partial charge in [0.1, 0.15) is 5.15 Å². The number of aryl methyl sites for hydroxylation is 1. The molecule has 1 aromatic heterocycles. The first-order valence-electron chi connectivity index (χ1n) is 6.11. The van der Waals surface area contributed by atoms with Crippen molar-refractivity contribution < 1.29 is 13.2 Å². The number of benzene rings is 1. The fourth-order valence-corrected chi connectivity index (χ4v) is 2.78. The predicted molar refractivity (Wildman–Crippen MR) is 81.1 cm³/mol. The van der Waals surface area contributed by atoms with Gasteiger partial charge in [0, 0.05) is 6.07 Å². The van der Waals surface area contributed by atoms with Gasteiger partial charge in [-0.25, -0.2) is 13.4 Å². The number of hydrogen-bond donors (Lipinski definition) is 1. The molecule has 112 valence electrons. The van der Waals surface area contributed by atoms with Crippen molar-refractivity contribution >= 4 is 27.6 Å². The monoisotopic (exact) mass is 327 g/mol. The van der Waals surface area contributed by atoms with E-state index >= 15 is 0 Å². The van der Waals surface area contributed by atoms with Gasteiger partial charge in [0.2, 0.25) is 21.9 Å².